The average Bonchev–Trinajstić information content (AvgIpc) is 3.36. The topological polar surface area (TPSA) is 79.4 Å². The lowest BCUT2D eigenvalue weighted by Crippen LogP contribution is -2.51. The Morgan fingerprint density at radius 1 is 0.973 bits per heavy atom. The summed E-state index contributed by atoms with van der Waals surface area (Å²) in [6.45, 7) is 7.66. The highest BCUT2D eigenvalue weighted by Gasteiger charge is 2.71. The molecule has 2 aromatic carbocycles. The number of pyridine rings is 1. The number of carbonyl (C=O) groups excluding carboxylic acids is 3. The Morgan fingerprint density at radius 2 is 1.65 bits per heavy atom. The fourth-order valence-electron chi connectivity index (χ4n) is 6.53. The van der Waals surface area contributed by atoms with Crippen LogP contribution in [0.2, 0.25) is 0 Å². The van der Waals surface area contributed by atoms with Gasteiger partial charge >= 0.3 is 0 Å². The molecule has 4 atom stereocenters. The van der Waals surface area contributed by atoms with E-state index in [9.17, 15) is 14.4 Å². The van der Waals surface area contributed by atoms with Gasteiger partial charge in [-0.05, 0) is 42.3 Å². The number of para-hydroxylation sites is 2. The maximum Gasteiger partial charge on any atom is 0.238 e. The second-order valence-corrected chi connectivity index (χ2v) is 11.2. The summed E-state index contributed by atoms with van der Waals surface area (Å²) in [5, 5.41) is 3.07. The first-order chi connectivity index (χ1) is 17.7. The quantitative estimate of drug-likeness (QED) is 0.518. The van der Waals surface area contributed by atoms with E-state index >= 15 is 0 Å². The van der Waals surface area contributed by atoms with Gasteiger partial charge in [-0.15, -0.1) is 0 Å². The van der Waals surface area contributed by atoms with Crippen LogP contribution in [-0.2, 0) is 15.0 Å². The molecule has 0 bridgehead atoms. The molecular weight excluding hydrogens is 462 g/mol. The maximum atomic E-state index is 14.5. The van der Waals surface area contributed by atoms with Crippen LogP contribution >= 0.6 is 0 Å². The highest BCUT2D eigenvalue weighted by molar-refractivity contribution is 6.17. The Labute approximate surface area is 216 Å². The molecule has 1 N–H and O–H groups in total. The Hall–Kier alpha value is -4.06. The zero-order valence-electron chi connectivity index (χ0n) is 21.4. The molecule has 6 rings (SSSR count). The third-order valence-corrected chi connectivity index (χ3v) is 8.14. The Bertz CT molecular complexity index is 1490. The molecule has 0 saturated carbocycles. The highest BCUT2D eigenvalue weighted by Crippen LogP contribution is 2.59. The number of ketones is 2. The molecule has 1 saturated heterocycles. The summed E-state index contributed by atoms with van der Waals surface area (Å²) >= 11 is 0. The number of amides is 1. The van der Waals surface area contributed by atoms with Crippen LogP contribution in [0.5, 0.6) is 0 Å². The predicted octanol–water partition coefficient (Wildman–Crippen LogP) is 5.06. The van der Waals surface area contributed by atoms with Gasteiger partial charge < -0.3 is 10.2 Å². The summed E-state index contributed by atoms with van der Waals surface area (Å²) in [4.78, 5) is 49.3. The number of Topliss-reactive ketones (excluding diaryl/α,β-unsaturated/α-hetero) is 2. The number of fused-ring (bicyclic) bond motifs is 6. The Morgan fingerprint density at radius 3 is 2.38 bits per heavy atom. The number of nitrogens with one attached hydrogen (secondary N) is 1. The van der Waals surface area contributed by atoms with Crippen LogP contribution < -0.4 is 10.2 Å². The molecule has 4 heterocycles. The highest BCUT2D eigenvalue weighted by atomic mass is 16.2. The molecule has 6 heteroatoms. The van der Waals surface area contributed by atoms with Crippen LogP contribution in [0, 0.1) is 11.3 Å². The SMILES string of the molecule is CC1=C[C@@H]2N(c3ccccc31)[C@@H](C(=O)C(C)(C)C)[C@@H](C(=O)c1ccncc1)[C@@]21C(=O)Nc2ccccc21. The van der Waals surface area contributed by atoms with Gasteiger partial charge in [-0.1, -0.05) is 63.2 Å². The van der Waals surface area contributed by atoms with E-state index in [2.05, 4.69) is 21.3 Å². The number of nitrogens with zero attached hydrogens (tertiary/aromatic N) is 2. The zero-order chi connectivity index (χ0) is 26.1. The molecule has 186 valence electrons. The van der Waals surface area contributed by atoms with Crippen LogP contribution in [-0.4, -0.2) is 34.5 Å². The van der Waals surface area contributed by atoms with Gasteiger partial charge in [-0.3, -0.25) is 19.4 Å². The van der Waals surface area contributed by atoms with Crippen molar-refractivity contribution in [3.05, 3.63) is 95.8 Å². The van der Waals surface area contributed by atoms with E-state index in [1.165, 1.54) is 0 Å². The Kier molecular flexibility index (Phi) is 5.03. The minimum Gasteiger partial charge on any atom is -0.352 e. The first-order valence-electron chi connectivity index (χ1n) is 12.6. The third kappa shape index (κ3) is 3.11. The molecule has 1 aromatic heterocycles. The third-order valence-electron chi connectivity index (χ3n) is 8.14. The number of allylic oxidation sites excluding steroid dienone is 1. The lowest BCUT2D eigenvalue weighted by Gasteiger charge is -2.39. The molecule has 3 aliphatic rings. The van der Waals surface area contributed by atoms with E-state index in [-0.39, 0.29) is 17.5 Å². The minimum atomic E-state index is -1.28. The molecule has 0 aliphatic carbocycles. The molecule has 3 aromatic rings. The van der Waals surface area contributed by atoms with Crippen molar-refractivity contribution in [2.45, 2.75) is 45.2 Å². The number of rotatable bonds is 3. The van der Waals surface area contributed by atoms with Gasteiger partial charge in [0.2, 0.25) is 5.91 Å². The predicted molar refractivity (Wildman–Crippen MR) is 143 cm³/mol. The molecule has 37 heavy (non-hydrogen) atoms. The van der Waals surface area contributed by atoms with E-state index < -0.39 is 28.8 Å². The summed E-state index contributed by atoms with van der Waals surface area (Å²) < 4.78 is 0. The van der Waals surface area contributed by atoms with Crippen LogP contribution in [0.15, 0.2) is 79.1 Å². The molecule has 3 aliphatic heterocycles. The maximum absolute atomic E-state index is 14.5. The summed E-state index contributed by atoms with van der Waals surface area (Å²) in [5.41, 5.74) is 2.77. The molecular formula is C31H29N3O3. The first-order valence-corrected chi connectivity index (χ1v) is 12.6. The van der Waals surface area contributed by atoms with Gasteiger partial charge in [0, 0.05) is 40.3 Å². The smallest absolute Gasteiger partial charge is 0.238 e. The largest absolute Gasteiger partial charge is 0.352 e. The van der Waals surface area contributed by atoms with Crippen molar-refractivity contribution in [3.63, 3.8) is 0 Å². The monoisotopic (exact) mass is 491 g/mol. The fraction of sp³-hybridized carbons (Fsp3) is 0.290. The van der Waals surface area contributed by atoms with Crippen LogP contribution in [0.4, 0.5) is 11.4 Å². The normalized spacial score (nSPS) is 25.7. The van der Waals surface area contributed by atoms with Crippen LogP contribution in [0.1, 0.15) is 49.2 Å². The minimum absolute atomic E-state index is 0.0679. The second kappa shape index (κ2) is 7.97. The zero-order valence-corrected chi connectivity index (χ0v) is 21.4. The molecule has 1 spiro atoms. The number of aromatic nitrogens is 1. The number of carbonyl (C=O) groups is 3. The van der Waals surface area contributed by atoms with Crippen molar-refractivity contribution in [1.29, 1.82) is 0 Å². The first kappa shape index (κ1) is 23.3. The fourth-order valence-corrected chi connectivity index (χ4v) is 6.53. The van der Waals surface area contributed by atoms with E-state index in [1.54, 1.807) is 24.5 Å². The van der Waals surface area contributed by atoms with E-state index in [0.717, 1.165) is 22.4 Å². The van der Waals surface area contributed by atoms with Gasteiger partial charge in [-0.25, -0.2) is 0 Å². The molecule has 0 unspecified atom stereocenters. The van der Waals surface area contributed by atoms with Gasteiger partial charge in [0.05, 0.1) is 12.0 Å². The van der Waals surface area contributed by atoms with Gasteiger partial charge in [0.25, 0.3) is 0 Å². The molecule has 1 fully saturated rings. The van der Waals surface area contributed by atoms with E-state index in [1.807, 2.05) is 76.2 Å². The van der Waals surface area contributed by atoms with Crippen LogP contribution in [0.3, 0.4) is 0 Å². The lowest BCUT2D eigenvalue weighted by atomic mass is 9.63. The van der Waals surface area contributed by atoms with Crippen molar-refractivity contribution in [1.82, 2.24) is 4.98 Å². The molecule has 1 amide bonds. The van der Waals surface area contributed by atoms with E-state index in [4.69, 9.17) is 0 Å². The van der Waals surface area contributed by atoms with Crippen molar-refractivity contribution in [2.24, 2.45) is 11.3 Å². The molecule has 6 nitrogen and oxygen atoms in total. The van der Waals surface area contributed by atoms with E-state index in [0.29, 0.717) is 11.3 Å². The van der Waals surface area contributed by atoms with Crippen molar-refractivity contribution in [3.8, 4) is 0 Å². The molecule has 0 radical (unpaired) electrons. The van der Waals surface area contributed by atoms with Gasteiger partial charge in [0.15, 0.2) is 11.6 Å². The summed E-state index contributed by atoms with van der Waals surface area (Å²) in [6.07, 6.45) is 5.22. The average molecular weight is 492 g/mol. The number of hydrogen-bond acceptors (Lipinski definition) is 5. The summed E-state index contributed by atoms with van der Waals surface area (Å²) in [7, 11) is 0. The Balaban J connectivity index is 1.71. The summed E-state index contributed by atoms with van der Waals surface area (Å²) in [6, 6.07) is 17.5. The number of benzene rings is 2. The standard InChI is InChI=1S/C31H29N3O3/c1-18-17-24-31(21-10-6-7-11-22(21)33-29(31)37)25(27(35)19-13-15-32-16-14-19)26(28(36)30(2,3)4)34(24)23-12-8-5-9-20(18)23/h5-17,24-26H,1-4H3,(H,33,37)/t24-,25-,26+,31-/m0/s1. The van der Waals surface area contributed by atoms with Gasteiger partial charge in [0.1, 0.15) is 11.5 Å². The summed E-state index contributed by atoms with van der Waals surface area (Å²) in [5.74, 6) is -1.48. The van der Waals surface area contributed by atoms with Gasteiger partial charge in [-0.2, -0.15) is 0 Å². The van der Waals surface area contributed by atoms with Crippen molar-refractivity contribution in [2.75, 3.05) is 10.2 Å². The van der Waals surface area contributed by atoms with Crippen molar-refractivity contribution < 1.29 is 14.4 Å². The second-order valence-electron chi connectivity index (χ2n) is 11.2. The lowest BCUT2D eigenvalue weighted by molar-refractivity contribution is -0.128. The number of hydrogen-bond donors (Lipinski definition) is 1. The number of anilines is 2. The van der Waals surface area contributed by atoms with Crippen molar-refractivity contribution >= 4 is 34.4 Å². The van der Waals surface area contributed by atoms with Crippen LogP contribution in [0.25, 0.3) is 5.57 Å².